The second kappa shape index (κ2) is 5.36. The molecule has 0 aliphatic carbocycles. The third-order valence-electron chi connectivity index (χ3n) is 3.36. The summed E-state index contributed by atoms with van der Waals surface area (Å²) in [6.07, 6.45) is 1.85. The Balaban J connectivity index is 1.91. The summed E-state index contributed by atoms with van der Waals surface area (Å²) in [7, 11) is 0. The lowest BCUT2D eigenvalue weighted by molar-refractivity contribution is 0.580. The minimum atomic E-state index is 0.834. The van der Waals surface area contributed by atoms with Gasteiger partial charge in [0.15, 0.2) is 0 Å². The molecule has 1 aliphatic rings. The number of hydrogen-bond acceptors (Lipinski definition) is 4. The van der Waals surface area contributed by atoms with Crippen LogP contribution in [-0.2, 0) is 0 Å². The molecule has 1 saturated heterocycles. The van der Waals surface area contributed by atoms with Crippen LogP contribution in [0.4, 0.5) is 5.95 Å². The summed E-state index contributed by atoms with van der Waals surface area (Å²) in [5.41, 5.74) is 3.39. The van der Waals surface area contributed by atoms with Gasteiger partial charge < -0.3 is 10.2 Å². The molecule has 3 rings (SSSR count). The molecule has 0 amide bonds. The van der Waals surface area contributed by atoms with E-state index in [9.17, 15) is 0 Å². The van der Waals surface area contributed by atoms with Gasteiger partial charge in [-0.1, -0.05) is 23.8 Å². The molecule has 0 spiro atoms. The fraction of sp³-hybridized carbons (Fsp3) is 0.333. The van der Waals surface area contributed by atoms with E-state index in [-0.39, 0.29) is 0 Å². The fourth-order valence-electron chi connectivity index (χ4n) is 2.33. The number of rotatable bonds is 2. The molecule has 1 aliphatic heterocycles. The first-order chi connectivity index (χ1) is 9.33. The zero-order valence-electron chi connectivity index (χ0n) is 11.1. The molecule has 4 nitrogen and oxygen atoms in total. The molecule has 1 aromatic heterocycles. The van der Waals surface area contributed by atoms with Crippen LogP contribution in [0.25, 0.3) is 11.3 Å². The van der Waals surface area contributed by atoms with Crippen LogP contribution in [0.1, 0.15) is 5.56 Å². The van der Waals surface area contributed by atoms with Crippen molar-refractivity contribution in [1.29, 1.82) is 0 Å². The molecule has 98 valence electrons. The van der Waals surface area contributed by atoms with Crippen LogP contribution < -0.4 is 10.2 Å². The van der Waals surface area contributed by atoms with Gasteiger partial charge in [0.2, 0.25) is 5.95 Å². The van der Waals surface area contributed by atoms with E-state index in [1.54, 1.807) is 0 Å². The molecule has 0 bridgehead atoms. The van der Waals surface area contributed by atoms with Crippen LogP contribution in [0.2, 0.25) is 0 Å². The SMILES string of the molecule is Cc1cccc(-c2ccnc(N3CCNCC3)n2)c1. The Kier molecular flexibility index (Phi) is 3.42. The van der Waals surface area contributed by atoms with Gasteiger partial charge >= 0.3 is 0 Å². The summed E-state index contributed by atoms with van der Waals surface area (Å²) in [5.74, 6) is 0.834. The molecule has 19 heavy (non-hydrogen) atoms. The van der Waals surface area contributed by atoms with E-state index < -0.39 is 0 Å². The summed E-state index contributed by atoms with van der Waals surface area (Å²) >= 11 is 0. The van der Waals surface area contributed by atoms with Crippen molar-refractivity contribution in [3.05, 3.63) is 42.1 Å². The molecule has 0 unspecified atom stereocenters. The maximum absolute atomic E-state index is 4.69. The molecule has 1 fully saturated rings. The first-order valence-electron chi connectivity index (χ1n) is 6.69. The van der Waals surface area contributed by atoms with E-state index in [1.165, 1.54) is 5.56 Å². The van der Waals surface area contributed by atoms with Gasteiger partial charge in [0.05, 0.1) is 5.69 Å². The van der Waals surface area contributed by atoms with E-state index in [4.69, 9.17) is 4.98 Å². The molecular formula is C15H18N4. The first kappa shape index (κ1) is 12.1. The number of benzene rings is 1. The van der Waals surface area contributed by atoms with Crippen LogP contribution >= 0.6 is 0 Å². The minimum absolute atomic E-state index is 0.834. The Morgan fingerprint density at radius 1 is 1.16 bits per heavy atom. The van der Waals surface area contributed by atoms with Gasteiger partial charge in [0.25, 0.3) is 0 Å². The zero-order chi connectivity index (χ0) is 13.1. The van der Waals surface area contributed by atoms with Gasteiger partial charge in [-0.2, -0.15) is 0 Å². The molecule has 0 radical (unpaired) electrons. The molecule has 2 heterocycles. The van der Waals surface area contributed by atoms with Gasteiger partial charge in [-0.15, -0.1) is 0 Å². The highest BCUT2D eigenvalue weighted by molar-refractivity contribution is 5.61. The van der Waals surface area contributed by atoms with Crippen LogP contribution in [0.3, 0.4) is 0 Å². The Morgan fingerprint density at radius 2 is 2.00 bits per heavy atom. The normalized spacial score (nSPS) is 15.5. The van der Waals surface area contributed by atoms with Crippen molar-refractivity contribution in [3.63, 3.8) is 0 Å². The van der Waals surface area contributed by atoms with Crippen molar-refractivity contribution in [2.75, 3.05) is 31.1 Å². The Hall–Kier alpha value is -1.94. The third kappa shape index (κ3) is 2.74. The van der Waals surface area contributed by atoms with Crippen LogP contribution in [0.15, 0.2) is 36.5 Å². The summed E-state index contributed by atoms with van der Waals surface area (Å²) in [6, 6.07) is 10.4. The summed E-state index contributed by atoms with van der Waals surface area (Å²) < 4.78 is 0. The van der Waals surface area contributed by atoms with E-state index >= 15 is 0 Å². The standard InChI is InChI=1S/C15H18N4/c1-12-3-2-4-13(11-12)14-5-6-17-15(18-14)19-9-7-16-8-10-19/h2-6,11,16H,7-10H2,1H3. The number of aryl methyl sites for hydroxylation is 1. The van der Waals surface area contributed by atoms with Crippen molar-refractivity contribution in [2.24, 2.45) is 0 Å². The lowest BCUT2D eigenvalue weighted by Gasteiger charge is -2.27. The highest BCUT2D eigenvalue weighted by Crippen LogP contribution is 2.20. The van der Waals surface area contributed by atoms with E-state index in [0.29, 0.717) is 0 Å². The predicted molar refractivity (Wildman–Crippen MR) is 77.3 cm³/mol. The number of nitrogens with zero attached hydrogens (tertiary/aromatic N) is 3. The molecular weight excluding hydrogens is 236 g/mol. The highest BCUT2D eigenvalue weighted by atomic mass is 15.3. The maximum atomic E-state index is 4.69. The van der Waals surface area contributed by atoms with Crippen molar-refractivity contribution >= 4 is 5.95 Å². The average Bonchev–Trinajstić information content (AvgIpc) is 2.48. The summed E-state index contributed by atoms with van der Waals surface area (Å²) in [5, 5.41) is 3.34. The number of anilines is 1. The van der Waals surface area contributed by atoms with Crippen molar-refractivity contribution in [3.8, 4) is 11.3 Å². The molecule has 4 heteroatoms. The first-order valence-corrected chi connectivity index (χ1v) is 6.69. The number of aromatic nitrogens is 2. The topological polar surface area (TPSA) is 41.1 Å². The summed E-state index contributed by atoms with van der Waals surface area (Å²) in [4.78, 5) is 11.3. The van der Waals surface area contributed by atoms with Gasteiger partial charge in [-0.05, 0) is 19.1 Å². The molecule has 1 aromatic carbocycles. The van der Waals surface area contributed by atoms with E-state index in [2.05, 4.69) is 46.4 Å². The van der Waals surface area contributed by atoms with Crippen molar-refractivity contribution in [2.45, 2.75) is 6.92 Å². The molecule has 2 aromatic rings. The van der Waals surface area contributed by atoms with Gasteiger partial charge in [-0.25, -0.2) is 9.97 Å². The predicted octanol–water partition coefficient (Wildman–Crippen LogP) is 1.86. The van der Waals surface area contributed by atoms with Crippen molar-refractivity contribution < 1.29 is 0 Å². The highest BCUT2D eigenvalue weighted by Gasteiger charge is 2.13. The Morgan fingerprint density at radius 3 is 2.79 bits per heavy atom. The number of piperazine rings is 1. The molecule has 1 N–H and O–H groups in total. The third-order valence-corrected chi connectivity index (χ3v) is 3.36. The quantitative estimate of drug-likeness (QED) is 0.888. The van der Waals surface area contributed by atoms with Gasteiger partial charge in [0, 0.05) is 37.9 Å². The van der Waals surface area contributed by atoms with E-state index in [0.717, 1.165) is 43.4 Å². The maximum Gasteiger partial charge on any atom is 0.225 e. The van der Waals surface area contributed by atoms with Gasteiger partial charge in [0.1, 0.15) is 0 Å². The van der Waals surface area contributed by atoms with Crippen LogP contribution in [0.5, 0.6) is 0 Å². The lowest BCUT2D eigenvalue weighted by Crippen LogP contribution is -2.44. The van der Waals surface area contributed by atoms with Crippen LogP contribution in [0, 0.1) is 6.92 Å². The smallest absolute Gasteiger partial charge is 0.225 e. The zero-order valence-corrected chi connectivity index (χ0v) is 11.1. The second-order valence-corrected chi connectivity index (χ2v) is 4.85. The number of hydrogen-bond donors (Lipinski definition) is 1. The average molecular weight is 254 g/mol. The molecule has 0 saturated carbocycles. The van der Waals surface area contributed by atoms with Crippen LogP contribution in [-0.4, -0.2) is 36.1 Å². The largest absolute Gasteiger partial charge is 0.338 e. The van der Waals surface area contributed by atoms with E-state index in [1.807, 2.05) is 12.3 Å². The molecule has 0 atom stereocenters. The lowest BCUT2D eigenvalue weighted by atomic mass is 10.1. The Labute approximate surface area is 113 Å². The monoisotopic (exact) mass is 254 g/mol. The van der Waals surface area contributed by atoms with Crippen molar-refractivity contribution in [1.82, 2.24) is 15.3 Å². The van der Waals surface area contributed by atoms with Gasteiger partial charge in [-0.3, -0.25) is 0 Å². The Bertz CT molecular complexity index is 562. The number of nitrogens with one attached hydrogen (secondary N) is 1. The second-order valence-electron chi connectivity index (χ2n) is 4.85. The summed E-state index contributed by atoms with van der Waals surface area (Å²) in [6.45, 7) is 6.03. The minimum Gasteiger partial charge on any atom is -0.338 e. The fourth-order valence-corrected chi connectivity index (χ4v) is 2.33.